The first-order valence-corrected chi connectivity index (χ1v) is 16.0. The highest BCUT2D eigenvalue weighted by atomic mass is 79.9. The zero-order chi connectivity index (χ0) is 29.4. The van der Waals surface area contributed by atoms with Crippen molar-refractivity contribution in [3.8, 4) is 0 Å². The van der Waals surface area contributed by atoms with E-state index in [1.807, 2.05) is 82.3 Å². The Bertz CT molecular complexity index is 1430. The van der Waals surface area contributed by atoms with Crippen molar-refractivity contribution >= 4 is 43.5 Å². The van der Waals surface area contributed by atoms with Gasteiger partial charge in [0.25, 0.3) is 0 Å². The minimum Gasteiger partial charge on any atom is -0.352 e. The Balaban J connectivity index is 2.08. The zero-order valence-electron chi connectivity index (χ0n) is 23.7. The van der Waals surface area contributed by atoms with E-state index >= 15 is 0 Å². The number of sulfonamides is 1. The molecular weight excluding hydrogens is 590 g/mol. The third-order valence-corrected chi connectivity index (χ3v) is 9.01. The Morgan fingerprint density at radius 1 is 0.950 bits per heavy atom. The zero-order valence-corrected chi connectivity index (χ0v) is 26.1. The lowest BCUT2D eigenvalue weighted by atomic mass is 10.0. The third-order valence-electron chi connectivity index (χ3n) is 6.98. The minimum absolute atomic E-state index is 0.0838. The maximum Gasteiger partial charge on any atom is 0.244 e. The molecule has 9 heteroatoms. The van der Waals surface area contributed by atoms with Gasteiger partial charge in [-0.2, -0.15) is 0 Å². The molecular formula is C31H38BrN3O4S. The van der Waals surface area contributed by atoms with Gasteiger partial charge in [-0.05, 0) is 67.6 Å². The molecule has 1 N–H and O–H groups in total. The first-order chi connectivity index (χ1) is 18.9. The van der Waals surface area contributed by atoms with Crippen molar-refractivity contribution in [2.24, 2.45) is 0 Å². The molecule has 0 saturated carbocycles. The monoisotopic (exact) mass is 627 g/mol. The second kappa shape index (κ2) is 13.9. The predicted octanol–water partition coefficient (Wildman–Crippen LogP) is 5.39. The molecule has 3 aromatic rings. The highest BCUT2D eigenvalue weighted by Gasteiger charge is 2.33. The molecule has 0 aliphatic heterocycles. The second-order valence-electron chi connectivity index (χ2n) is 10.2. The number of amides is 2. The van der Waals surface area contributed by atoms with Crippen LogP contribution >= 0.6 is 15.9 Å². The van der Waals surface area contributed by atoms with Crippen LogP contribution in [0.15, 0.2) is 77.3 Å². The highest BCUT2D eigenvalue weighted by Crippen LogP contribution is 2.25. The smallest absolute Gasteiger partial charge is 0.244 e. The summed E-state index contributed by atoms with van der Waals surface area (Å²) >= 11 is 3.45. The number of carbonyl (C=O) groups is 2. The molecule has 2 unspecified atom stereocenters. The summed E-state index contributed by atoms with van der Waals surface area (Å²) in [6.45, 7) is 7.44. The average molecular weight is 629 g/mol. The SMILES string of the molecule is CCC(C)NC(=O)C(Cc1ccccc1)N(Cc1ccccc1C)C(=O)CN(c1ccc(Br)c(C)c1)S(C)(=O)=O. The molecule has 0 saturated heterocycles. The van der Waals surface area contributed by atoms with E-state index in [-0.39, 0.29) is 24.9 Å². The van der Waals surface area contributed by atoms with Gasteiger partial charge in [0.1, 0.15) is 12.6 Å². The number of benzene rings is 3. The van der Waals surface area contributed by atoms with Crippen LogP contribution in [-0.2, 0) is 32.6 Å². The number of aryl methyl sites for hydroxylation is 2. The normalized spacial score (nSPS) is 12.8. The topological polar surface area (TPSA) is 86.8 Å². The van der Waals surface area contributed by atoms with Crippen LogP contribution in [0.5, 0.6) is 0 Å². The molecule has 3 rings (SSSR count). The van der Waals surface area contributed by atoms with Crippen LogP contribution in [0, 0.1) is 13.8 Å². The summed E-state index contributed by atoms with van der Waals surface area (Å²) in [4.78, 5) is 29.4. The Labute approximate surface area is 246 Å². The van der Waals surface area contributed by atoms with E-state index < -0.39 is 28.5 Å². The van der Waals surface area contributed by atoms with Gasteiger partial charge in [0.2, 0.25) is 21.8 Å². The maximum atomic E-state index is 14.2. The van der Waals surface area contributed by atoms with Crippen LogP contribution in [0.1, 0.15) is 42.5 Å². The van der Waals surface area contributed by atoms with E-state index in [4.69, 9.17) is 0 Å². The lowest BCUT2D eigenvalue weighted by Crippen LogP contribution is -2.54. The Kier molecular flexibility index (Phi) is 10.9. The van der Waals surface area contributed by atoms with Crippen LogP contribution in [-0.4, -0.2) is 50.0 Å². The molecule has 0 aliphatic carbocycles. The van der Waals surface area contributed by atoms with Crippen molar-refractivity contribution in [2.45, 2.75) is 59.2 Å². The first-order valence-electron chi connectivity index (χ1n) is 13.3. The van der Waals surface area contributed by atoms with Gasteiger partial charge in [0.15, 0.2) is 0 Å². The van der Waals surface area contributed by atoms with Crippen molar-refractivity contribution in [3.05, 3.63) is 99.5 Å². The number of nitrogens with one attached hydrogen (secondary N) is 1. The molecule has 2 amide bonds. The van der Waals surface area contributed by atoms with E-state index in [2.05, 4.69) is 21.2 Å². The lowest BCUT2D eigenvalue weighted by molar-refractivity contribution is -0.140. The van der Waals surface area contributed by atoms with Crippen molar-refractivity contribution in [1.82, 2.24) is 10.2 Å². The largest absolute Gasteiger partial charge is 0.352 e. The number of carbonyl (C=O) groups excluding carboxylic acids is 2. The van der Waals surface area contributed by atoms with Crippen LogP contribution in [0.4, 0.5) is 5.69 Å². The van der Waals surface area contributed by atoms with Gasteiger partial charge in [-0.25, -0.2) is 8.42 Å². The van der Waals surface area contributed by atoms with Gasteiger partial charge in [-0.15, -0.1) is 0 Å². The molecule has 0 heterocycles. The average Bonchev–Trinajstić information content (AvgIpc) is 2.91. The molecule has 3 aromatic carbocycles. The van der Waals surface area contributed by atoms with Crippen molar-refractivity contribution < 1.29 is 18.0 Å². The Morgan fingerprint density at radius 2 is 1.60 bits per heavy atom. The van der Waals surface area contributed by atoms with E-state index in [9.17, 15) is 18.0 Å². The fraction of sp³-hybridized carbons (Fsp3) is 0.355. The molecule has 0 spiro atoms. The number of hydrogen-bond acceptors (Lipinski definition) is 4. The fourth-order valence-corrected chi connectivity index (χ4v) is 5.45. The number of halogens is 1. The van der Waals surface area contributed by atoms with Crippen molar-refractivity contribution in [1.29, 1.82) is 0 Å². The summed E-state index contributed by atoms with van der Waals surface area (Å²) < 4.78 is 27.8. The van der Waals surface area contributed by atoms with Gasteiger partial charge < -0.3 is 10.2 Å². The predicted molar refractivity (Wildman–Crippen MR) is 165 cm³/mol. The molecule has 0 radical (unpaired) electrons. The van der Waals surface area contributed by atoms with Gasteiger partial charge in [-0.3, -0.25) is 13.9 Å². The number of hydrogen-bond donors (Lipinski definition) is 1. The first kappa shape index (κ1) is 31.4. The van der Waals surface area contributed by atoms with E-state index in [1.54, 1.807) is 18.2 Å². The van der Waals surface area contributed by atoms with Crippen LogP contribution < -0.4 is 9.62 Å². The summed E-state index contributed by atoms with van der Waals surface area (Å²) in [7, 11) is -3.81. The maximum absolute atomic E-state index is 14.2. The summed E-state index contributed by atoms with van der Waals surface area (Å²) in [5.74, 6) is -0.736. The lowest BCUT2D eigenvalue weighted by Gasteiger charge is -2.34. The summed E-state index contributed by atoms with van der Waals surface area (Å²) in [6, 6.07) is 21.4. The fourth-order valence-electron chi connectivity index (χ4n) is 4.36. The molecule has 7 nitrogen and oxygen atoms in total. The Hall–Kier alpha value is -3.17. The second-order valence-corrected chi connectivity index (χ2v) is 12.9. The van der Waals surface area contributed by atoms with E-state index in [0.717, 1.165) is 43.7 Å². The number of anilines is 1. The van der Waals surface area contributed by atoms with Crippen LogP contribution in [0.25, 0.3) is 0 Å². The molecule has 0 fully saturated rings. The van der Waals surface area contributed by atoms with Gasteiger partial charge in [-0.1, -0.05) is 77.5 Å². The summed E-state index contributed by atoms with van der Waals surface area (Å²) in [5, 5.41) is 3.04. The summed E-state index contributed by atoms with van der Waals surface area (Å²) in [6.07, 6.45) is 2.11. The van der Waals surface area contributed by atoms with Crippen LogP contribution in [0.3, 0.4) is 0 Å². The highest BCUT2D eigenvalue weighted by molar-refractivity contribution is 9.10. The van der Waals surface area contributed by atoms with Gasteiger partial charge in [0, 0.05) is 23.5 Å². The molecule has 214 valence electrons. The van der Waals surface area contributed by atoms with Crippen molar-refractivity contribution in [3.63, 3.8) is 0 Å². The van der Waals surface area contributed by atoms with E-state index in [1.165, 1.54) is 4.90 Å². The molecule has 40 heavy (non-hydrogen) atoms. The molecule has 0 aliphatic rings. The van der Waals surface area contributed by atoms with E-state index in [0.29, 0.717) is 5.69 Å². The Morgan fingerprint density at radius 3 is 2.20 bits per heavy atom. The van der Waals surface area contributed by atoms with Gasteiger partial charge in [0.05, 0.1) is 11.9 Å². The summed E-state index contributed by atoms with van der Waals surface area (Å²) in [5.41, 5.74) is 3.99. The molecule has 0 aromatic heterocycles. The quantitative estimate of drug-likeness (QED) is 0.292. The standard InChI is InChI=1S/C31H38BrN3O4S/c1-6-24(4)33-31(37)29(19-25-13-8-7-9-14-25)34(20-26-15-11-10-12-22(26)2)30(36)21-35(40(5,38)39)27-16-17-28(32)23(3)18-27/h7-18,24,29H,6,19-21H2,1-5H3,(H,33,37). The third kappa shape index (κ3) is 8.41. The minimum atomic E-state index is -3.81. The number of rotatable bonds is 12. The molecule has 0 bridgehead atoms. The van der Waals surface area contributed by atoms with Crippen LogP contribution in [0.2, 0.25) is 0 Å². The number of nitrogens with zero attached hydrogens (tertiary/aromatic N) is 2. The van der Waals surface area contributed by atoms with Gasteiger partial charge >= 0.3 is 0 Å². The molecule has 2 atom stereocenters. The van der Waals surface area contributed by atoms with Crippen molar-refractivity contribution in [2.75, 3.05) is 17.1 Å².